The molecule has 3 rings (SSSR count). The Morgan fingerprint density at radius 1 is 0.812 bits per heavy atom. The van der Waals surface area contributed by atoms with Crippen LogP contribution < -0.4 is 0 Å². The minimum absolute atomic E-state index is 0.0725. The van der Waals surface area contributed by atoms with Gasteiger partial charge in [0.05, 0.1) is 18.6 Å². The zero-order chi connectivity index (χ0) is 23.0. The first-order valence-electron chi connectivity index (χ1n) is 11.1. The molecule has 168 valence electrons. The van der Waals surface area contributed by atoms with Gasteiger partial charge in [-0.15, -0.1) is 0 Å². The van der Waals surface area contributed by atoms with E-state index < -0.39 is 17.7 Å². The van der Waals surface area contributed by atoms with Crippen molar-refractivity contribution in [3.8, 4) is 0 Å². The van der Waals surface area contributed by atoms with E-state index in [4.69, 9.17) is 4.74 Å². The number of hydrogen-bond donors (Lipinski definition) is 1. The van der Waals surface area contributed by atoms with Gasteiger partial charge in [0.2, 0.25) is 0 Å². The Morgan fingerprint density at radius 2 is 1.25 bits per heavy atom. The van der Waals surface area contributed by atoms with Crippen LogP contribution in [0, 0.1) is 0 Å². The molecule has 0 saturated carbocycles. The average Bonchev–Trinajstić information content (AvgIpc) is 2.74. The van der Waals surface area contributed by atoms with Crippen LogP contribution in [0.25, 0.3) is 0 Å². The van der Waals surface area contributed by atoms with Crippen LogP contribution in [0.2, 0.25) is 0 Å². The van der Waals surface area contributed by atoms with E-state index in [2.05, 4.69) is 29.2 Å². The lowest BCUT2D eigenvalue weighted by atomic mass is 9.96. The lowest BCUT2D eigenvalue weighted by Gasteiger charge is -2.35. The Bertz CT molecular complexity index is 911. The van der Waals surface area contributed by atoms with Gasteiger partial charge in [0.15, 0.2) is 0 Å². The smallest absolute Gasteiger partial charge is 0.309 e. The van der Waals surface area contributed by atoms with Crippen molar-refractivity contribution in [2.75, 3.05) is 0 Å². The van der Waals surface area contributed by atoms with Crippen LogP contribution in [0.1, 0.15) is 49.9 Å². The Balaban J connectivity index is 1.93. The van der Waals surface area contributed by atoms with E-state index in [1.807, 2.05) is 87.5 Å². The molecule has 0 aliphatic heterocycles. The highest BCUT2D eigenvalue weighted by Crippen LogP contribution is 2.30. The number of esters is 1. The molecule has 0 fully saturated rings. The first-order valence-corrected chi connectivity index (χ1v) is 11.1. The Hall–Kier alpha value is -2.95. The van der Waals surface area contributed by atoms with Crippen LogP contribution in [-0.2, 0) is 22.6 Å². The second-order valence-electron chi connectivity index (χ2n) is 9.09. The third-order valence-electron chi connectivity index (χ3n) is 5.15. The maximum atomic E-state index is 12.5. The zero-order valence-corrected chi connectivity index (χ0v) is 19.1. The first-order chi connectivity index (χ1) is 15.3. The largest absolute Gasteiger partial charge is 0.460 e. The van der Waals surface area contributed by atoms with E-state index in [-0.39, 0.29) is 12.5 Å². The van der Waals surface area contributed by atoms with Gasteiger partial charge < -0.3 is 9.84 Å². The van der Waals surface area contributed by atoms with Crippen molar-refractivity contribution in [1.82, 2.24) is 4.90 Å². The number of aliphatic hydroxyl groups excluding tert-OH is 1. The molecule has 1 N–H and O–H groups in total. The van der Waals surface area contributed by atoms with Crippen LogP contribution in [0.3, 0.4) is 0 Å². The lowest BCUT2D eigenvalue weighted by molar-refractivity contribution is -0.158. The fraction of sp³-hybridized carbons (Fsp3) is 0.321. The van der Waals surface area contributed by atoms with Gasteiger partial charge in [0.25, 0.3) is 0 Å². The molecule has 2 atom stereocenters. The molecule has 3 aromatic carbocycles. The van der Waals surface area contributed by atoms with Crippen LogP contribution in [0.5, 0.6) is 0 Å². The van der Waals surface area contributed by atoms with Crippen molar-refractivity contribution in [2.45, 2.75) is 58.0 Å². The number of benzene rings is 3. The second-order valence-corrected chi connectivity index (χ2v) is 9.09. The molecule has 32 heavy (non-hydrogen) atoms. The lowest BCUT2D eigenvalue weighted by Crippen LogP contribution is -2.38. The summed E-state index contributed by atoms with van der Waals surface area (Å²) in [5, 5.41) is 11.3. The Morgan fingerprint density at radius 3 is 1.69 bits per heavy atom. The van der Waals surface area contributed by atoms with Gasteiger partial charge in [0, 0.05) is 13.1 Å². The molecule has 0 radical (unpaired) electrons. The molecule has 4 nitrogen and oxygen atoms in total. The van der Waals surface area contributed by atoms with Gasteiger partial charge in [0.1, 0.15) is 5.60 Å². The Labute approximate surface area is 191 Å². The molecule has 0 spiro atoms. The van der Waals surface area contributed by atoms with Crippen LogP contribution in [-0.4, -0.2) is 27.7 Å². The highest BCUT2D eigenvalue weighted by Gasteiger charge is 2.31. The van der Waals surface area contributed by atoms with E-state index in [1.54, 1.807) is 0 Å². The number of nitrogens with zero attached hydrogens (tertiary/aromatic N) is 1. The average molecular weight is 432 g/mol. The maximum absolute atomic E-state index is 12.5. The van der Waals surface area contributed by atoms with E-state index >= 15 is 0 Å². The van der Waals surface area contributed by atoms with E-state index in [1.165, 1.54) is 0 Å². The summed E-state index contributed by atoms with van der Waals surface area (Å²) >= 11 is 0. The summed E-state index contributed by atoms with van der Waals surface area (Å²) in [5.74, 6) is -0.398. The fourth-order valence-electron chi connectivity index (χ4n) is 3.88. The molecule has 0 aliphatic rings. The first kappa shape index (κ1) is 23.7. The number of aliphatic hydroxyl groups is 1. The fourth-order valence-corrected chi connectivity index (χ4v) is 3.88. The van der Waals surface area contributed by atoms with Gasteiger partial charge in [-0.1, -0.05) is 91.0 Å². The molecule has 0 unspecified atom stereocenters. The van der Waals surface area contributed by atoms with Crippen molar-refractivity contribution in [3.05, 3.63) is 108 Å². The summed E-state index contributed by atoms with van der Waals surface area (Å²) < 4.78 is 5.49. The van der Waals surface area contributed by atoms with Crippen LogP contribution >= 0.6 is 0 Å². The van der Waals surface area contributed by atoms with Gasteiger partial charge in [-0.25, -0.2) is 0 Å². The minimum Gasteiger partial charge on any atom is -0.460 e. The third-order valence-corrected chi connectivity index (χ3v) is 5.15. The van der Waals surface area contributed by atoms with E-state index in [0.29, 0.717) is 13.1 Å². The standard InChI is InChI=1S/C28H33NO3/c1-28(2,3)32-26(31)19-25(30)27(24-17-11-6-12-18-24)29(20-22-13-7-4-8-14-22)21-23-15-9-5-10-16-23/h4-18,25,27,30H,19-21H2,1-3H3/t25-,27+/m0/s1. The summed E-state index contributed by atoms with van der Waals surface area (Å²) in [7, 11) is 0. The highest BCUT2D eigenvalue weighted by atomic mass is 16.6. The number of rotatable bonds is 9. The number of carbonyl (C=O) groups excluding carboxylic acids is 1. The molecule has 0 aromatic heterocycles. The molecular formula is C28H33NO3. The minimum atomic E-state index is -0.917. The summed E-state index contributed by atoms with van der Waals surface area (Å²) in [4.78, 5) is 14.8. The van der Waals surface area contributed by atoms with Gasteiger partial charge in [-0.3, -0.25) is 9.69 Å². The predicted octanol–water partition coefficient (Wildman–Crippen LogP) is 5.52. The van der Waals surface area contributed by atoms with Gasteiger partial charge in [-0.05, 0) is 37.5 Å². The molecule has 3 aromatic rings. The van der Waals surface area contributed by atoms with Crippen LogP contribution in [0.4, 0.5) is 0 Å². The van der Waals surface area contributed by atoms with E-state index in [9.17, 15) is 9.90 Å². The quantitative estimate of drug-likeness (QED) is 0.453. The molecule has 0 aliphatic carbocycles. The van der Waals surface area contributed by atoms with Crippen molar-refractivity contribution >= 4 is 5.97 Å². The van der Waals surface area contributed by atoms with E-state index in [0.717, 1.165) is 16.7 Å². The summed E-state index contributed by atoms with van der Waals surface area (Å²) in [6.45, 7) is 6.79. The highest BCUT2D eigenvalue weighted by molar-refractivity contribution is 5.70. The number of hydrogen-bond acceptors (Lipinski definition) is 4. The molecular weight excluding hydrogens is 398 g/mol. The maximum Gasteiger partial charge on any atom is 0.309 e. The zero-order valence-electron chi connectivity index (χ0n) is 19.1. The number of carbonyl (C=O) groups is 1. The molecule has 0 bridgehead atoms. The molecule has 0 saturated heterocycles. The van der Waals surface area contributed by atoms with Crippen molar-refractivity contribution in [1.29, 1.82) is 0 Å². The van der Waals surface area contributed by atoms with Crippen molar-refractivity contribution < 1.29 is 14.6 Å². The topological polar surface area (TPSA) is 49.8 Å². The van der Waals surface area contributed by atoms with Gasteiger partial charge in [-0.2, -0.15) is 0 Å². The van der Waals surface area contributed by atoms with Crippen molar-refractivity contribution in [3.63, 3.8) is 0 Å². The summed E-state index contributed by atoms with van der Waals surface area (Å²) in [6, 6.07) is 29.9. The second kappa shape index (κ2) is 11.1. The SMILES string of the molecule is CC(C)(C)OC(=O)C[C@H](O)[C@@H](c1ccccc1)N(Cc1ccccc1)Cc1ccccc1. The van der Waals surface area contributed by atoms with Crippen molar-refractivity contribution in [2.24, 2.45) is 0 Å². The van der Waals surface area contributed by atoms with Crippen LogP contribution in [0.15, 0.2) is 91.0 Å². The normalized spacial score (nSPS) is 13.5. The molecule has 0 amide bonds. The number of ether oxygens (including phenoxy) is 1. The summed E-state index contributed by atoms with van der Waals surface area (Å²) in [6.07, 6.45) is -0.989. The summed E-state index contributed by atoms with van der Waals surface area (Å²) in [5.41, 5.74) is 2.67. The third kappa shape index (κ3) is 7.33. The Kier molecular flexibility index (Phi) is 8.20. The van der Waals surface area contributed by atoms with Gasteiger partial charge >= 0.3 is 5.97 Å². The molecule has 0 heterocycles. The monoisotopic (exact) mass is 431 g/mol. The molecule has 4 heteroatoms. The predicted molar refractivity (Wildman–Crippen MR) is 128 cm³/mol.